The first-order valence-corrected chi connectivity index (χ1v) is 8.05. The topological polar surface area (TPSA) is 58.6 Å². The number of aliphatic hydroxyl groups excluding tert-OH is 1. The van der Waals surface area contributed by atoms with E-state index in [1.165, 1.54) is 0 Å². The van der Waals surface area contributed by atoms with Crippen LogP contribution in [0.4, 0.5) is 0 Å². The Morgan fingerprint density at radius 3 is 2.64 bits per heavy atom. The van der Waals surface area contributed by atoms with Crippen molar-refractivity contribution in [2.75, 3.05) is 6.61 Å². The minimum absolute atomic E-state index is 0.0354. The van der Waals surface area contributed by atoms with Crippen LogP contribution in [0.15, 0.2) is 6.07 Å². The van der Waals surface area contributed by atoms with Crippen molar-refractivity contribution in [3.8, 4) is 5.75 Å². The van der Waals surface area contributed by atoms with E-state index in [9.17, 15) is 9.90 Å². The molecule has 0 aliphatic carbocycles. The zero-order valence-corrected chi connectivity index (χ0v) is 14.2. The second kappa shape index (κ2) is 6.69. The first-order valence-electron chi connectivity index (χ1n) is 8.05. The molecule has 0 saturated heterocycles. The largest absolute Gasteiger partial charge is 0.493 e. The molecule has 1 aromatic rings. The lowest BCUT2D eigenvalue weighted by Crippen LogP contribution is -2.33. The van der Waals surface area contributed by atoms with Gasteiger partial charge in [-0.1, -0.05) is 13.8 Å². The van der Waals surface area contributed by atoms with E-state index in [2.05, 4.69) is 5.32 Å². The molecular weight excluding hydrogens is 278 g/mol. The normalized spacial score (nSPS) is 18.6. The zero-order chi connectivity index (χ0) is 16.4. The highest BCUT2D eigenvalue weighted by molar-refractivity contribution is 5.77. The summed E-state index contributed by atoms with van der Waals surface area (Å²) < 4.78 is 5.83. The molecule has 1 aliphatic heterocycles. The third kappa shape index (κ3) is 3.43. The van der Waals surface area contributed by atoms with Gasteiger partial charge in [0.05, 0.1) is 18.8 Å². The van der Waals surface area contributed by atoms with Gasteiger partial charge in [0.25, 0.3) is 0 Å². The molecule has 2 rings (SSSR count). The summed E-state index contributed by atoms with van der Waals surface area (Å²) in [5, 5.41) is 13.1. The van der Waals surface area contributed by atoms with E-state index in [0.717, 1.165) is 34.4 Å². The summed E-state index contributed by atoms with van der Waals surface area (Å²) in [6.45, 7) is 10.5. The van der Waals surface area contributed by atoms with Gasteiger partial charge in [0.1, 0.15) is 5.75 Å². The fourth-order valence-electron chi connectivity index (χ4n) is 3.04. The molecule has 4 heteroatoms. The highest BCUT2D eigenvalue weighted by Gasteiger charge is 2.27. The van der Waals surface area contributed by atoms with Gasteiger partial charge in [-0.2, -0.15) is 0 Å². The van der Waals surface area contributed by atoms with Crippen LogP contribution in [0, 0.1) is 19.8 Å². The molecule has 1 heterocycles. The quantitative estimate of drug-likeness (QED) is 0.897. The average molecular weight is 305 g/mol. The number of ether oxygens (including phenoxy) is 1. The van der Waals surface area contributed by atoms with Crippen molar-refractivity contribution in [3.63, 3.8) is 0 Å². The van der Waals surface area contributed by atoms with Crippen LogP contribution < -0.4 is 10.1 Å². The average Bonchev–Trinajstić information content (AvgIpc) is 2.42. The van der Waals surface area contributed by atoms with E-state index >= 15 is 0 Å². The van der Waals surface area contributed by atoms with Gasteiger partial charge in [-0.05, 0) is 49.4 Å². The highest BCUT2D eigenvalue weighted by atomic mass is 16.5. The summed E-state index contributed by atoms with van der Waals surface area (Å²) in [4.78, 5) is 12.1. The van der Waals surface area contributed by atoms with Gasteiger partial charge >= 0.3 is 0 Å². The minimum atomic E-state index is -0.530. The second-order valence-corrected chi connectivity index (χ2v) is 6.67. The Balaban J connectivity index is 2.35. The molecule has 1 aliphatic rings. The predicted octanol–water partition coefficient (Wildman–Crippen LogP) is 3.34. The number of rotatable bonds is 4. The Labute approximate surface area is 132 Å². The lowest BCUT2D eigenvalue weighted by atomic mass is 9.90. The van der Waals surface area contributed by atoms with Gasteiger partial charge in [0, 0.05) is 18.4 Å². The number of hydrogen-bond acceptors (Lipinski definition) is 3. The predicted molar refractivity (Wildman–Crippen MR) is 87.0 cm³/mol. The number of carbonyl (C=O) groups is 1. The minimum Gasteiger partial charge on any atom is -0.493 e. The maximum Gasteiger partial charge on any atom is 0.220 e. The van der Waals surface area contributed by atoms with Gasteiger partial charge in [-0.3, -0.25) is 4.79 Å². The standard InChI is InChI=1S/C18H27NO3/c1-10(2)8-17(21)19-16-6-7-22-18-12(4)11(3)14(13(5)20)9-15(16)18/h9-10,13,16,20H,6-8H2,1-5H3,(H,19,21). The molecule has 1 amide bonds. The van der Waals surface area contributed by atoms with Crippen molar-refractivity contribution in [1.82, 2.24) is 5.32 Å². The molecule has 2 unspecified atom stereocenters. The summed E-state index contributed by atoms with van der Waals surface area (Å²) in [5.74, 6) is 1.28. The maximum absolute atomic E-state index is 12.1. The Bertz CT molecular complexity index is 564. The van der Waals surface area contributed by atoms with Gasteiger partial charge in [0.15, 0.2) is 0 Å². The highest BCUT2D eigenvalue weighted by Crippen LogP contribution is 2.39. The van der Waals surface area contributed by atoms with Gasteiger partial charge in [-0.25, -0.2) is 0 Å². The molecule has 2 atom stereocenters. The van der Waals surface area contributed by atoms with E-state index in [-0.39, 0.29) is 11.9 Å². The Morgan fingerprint density at radius 2 is 2.05 bits per heavy atom. The number of amides is 1. The van der Waals surface area contributed by atoms with Crippen LogP contribution >= 0.6 is 0 Å². The first-order chi connectivity index (χ1) is 10.3. The molecule has 2 N–H and O–H groups in total. The van der Waals surface area contributed by atoms with Crippen molar-refractivity contribution in [3.05, 3.63) is 28.3 Å². The molecular formula is C18H27NO3. The van der Waals surface area contributed by atoms with Crippen LogP contribution in [0.5, 0.6) is 5.75 Å². The Kier molecular flexibility index (Phi) is 5.12. The molecule has 0 fully saturated rings. The number of nitrogens with one attached hydrogen (secondary N) is 1. The lowest BCUT2D eigenvalue weighted by molar-refractivity contribution is -0.122. The molecule has 0 radical (unpaired) electrons. The molecule has 0 saturated carbocycles. The molecule has 1 aromatic carbocycles. The van der Waals surface area contributed by atoms with Crippen molar-refractivity contribution in [2.45, 2.75) is 59.6 Å². The SMILES string of the molecule is Cc1c(C(C)O)cc2c(c1C)OCCC2NC(=O)CC(C)C. The monoisotopic (exact) mass is 305 g/mol. The fourth-order valence-corrected chi connectivity index (χ4v) is 3.04. The van der Waals surface area contributed by atoms with Crippen LogP contribution in [-0.2, 0) is 4.79 Å². The molecule has 22 heavy (non-hydrogen) atoms. The maximum atomic E-state index is 12.1. The number of fused-ring (bicyclic) bond motifs is 1. The van der Waals surface area contributed by atoms with Crippen molar-refractivity contribution >= 4 is 5.91 Å². The summed E-state index contributed by atoms with van der Waals surface area (Å²) in [6, 6.07) is 1.95. The van der Waals surface area contributed by atoms with Crippen LogP contribution in [0.25, 0.3) is 0 Å². The van der Waals surface area contributed by atoms with Gasteiger partial charge in [0.2, 0.25) is 5.91 Å². The van der Waals surface area contributed by atoms with Crippen molar-refractivity contribution < 1.29 is 14.6 Å². The van der Waals surface area contributed by atoms with Gasteiger partial charge < -0.3 is 15.2 Å². The van der Waals surface area contributed by atoms with E-state index in [1.54, 1.807) is 6.92 Å². The number of aliphatic hydroxyl groups is 1. The third-order valence-corrected chi connectivity index (χ3v) is 4.32. The number of hydrogen-bond donors (Lipinski definition) is 2. The van der Waals surface area contributed by atoms with Crippen LogP contribution in [0.3, 0.4) is 0 Å². The van der Waals surface area contributed by atoms with E-state index < -0.39 is 6.10 Å². The molecule has 4 nitrogen and oxygen atoms in total. The van der Waals surface area contributed by atoms with Crippen LogP contribution in [0.1, 0.15) is 68.0 Å². The summed E-state index contributed by atoms with van der Waals surface area (Å²) in [7, 11) is 0. The molecule has 0 aromatic heterocycles. The van der Waals surface area contributed by atoms with Crippen LogP contribution in [0.2, 0.25) is 0 Å². The van der Waals surface area contributed by atoms with Gasteiger partial charge in [-0.15, -0.1) is 0 Å². The van der Waals surface area contributed by atoms with E-state index in [1.807, 2.05) is 33.8 Å². The van der Waals surface area contributed by atoms with E-state index in [4.69, 9.17) is 4.74 Å². The Morgan fingerprint density at radius 1 is 1.36 bits per heavy atom. The number of carbonyl (C=O) groups excluding carboxylic acids is 1. The lowest BCUT2D eigenvalue weighted by Gasteiger charge is -2.30. The second-order valence-electron chi connectivity index (χ2n) is 6.67. The zero-order valence-electron chi connectivity index (χ0n) is 14.2. The summed E-state index contributed by atoms with van der Waals surface area (Å²) in [5.41, 5.74) is 4.01. The molecule has 122 valence electrons. The third-order valence-electron chi connectivity index (χ3n) is 4.32. The Hall–Kier alpha value is -1.55. The van der Waals surface area contributed by atoms with Crippen molar-refractivity contribution in [1.29, 1.82) is 0 Å². The molecule has 0 spiro atoms. The summed E-state index contributed by atoms with van der Waals surface area (Å²) >= 11 is 0. The van der Waals surface area contributed by atoms with Crippen molar-refractivity contribution in [2.24, 2.45) is 5.92 Å². The van der Waals surface area contributed by atoms with E-state index in [0.29, 0.717) is 18.9 Å². The van der Waals surface area contributed by atoms with Crippen LogP contribution in [-0.4, -0.2) is 17.6 Å². The fraction of sp³-hybridized carbons (Fsp3) is 0.611. The first kappa shape index (κ1) is 16.8. The number of benzene rings is 1. The smallest absolute Gasteiger partial charge is 0.220 e. The molecule has 0 bridgehead atoms. The summed E-state index contributed by atoms with van der Waals surface area (Å²) in [6.07, 6.45) is 0.761.